The van der Waals surface area contributed by atoms with Crippen LogP contribution in [0.25, 0.3) is 0 Å². The van der Waals surface area contributed by atoms with Gasteiger partial charge in [0.15, 0.2) is 0 Å². The molecular formula is C54H52N8O2S3. The molecule has 8 aromatic rings. The largest absolute Gasteiger partial charge is 0.494 e. The number of thiophene rings is 2. The molecule has 0 atom stereocenters. The number of rotatable bonds is 18. The standard InChI is InChI=1S/C27H27N5OS.C27H25N3OS2/c28-27(25-10-5-17-34-25)32-24-9-4-6-20(18-24)19-29-16-15-26(33)31-23-13-11-22(12-14-23)30-21-7-2-1-3-8-21;28-27(26-9-5-17-32-26)29-20-12-10-19(11-13-20)6-3-4-16-31-21-14-15-25-23(18-21)30-22-7-1-2-8-24(22)33-25/h1-14,17-18,29-30H,15-16,19H2,(H2,28,32)(H,31,33);1-2,5,7-15,17-18,30H,3-4,6,16H2,(H2,28,29). The van der Waals surface area contributed by atoms with Crippen molar-refractivity contribution >= 4 is 91.8 Å². The Bertz CT molecular complexity index is 2870. The highest BCUT2D eigenvalue weighted by atomic mass is 32.2. The molecule has 0 spiro atoms. The molecule has 338 valence electrons. The third-order valence-corrected chi connectivity index (χ3v) is 13.4. The summed E-state index contributed by atoms with van der Waals surface area (Å²) in [5.41, 5.74) is 21.3. The number of carbonyl (C=O) groups excluding carboxylic acids is 1. The molecule has 1 amide bonds. The molecule has 2 aromatic heterocycles. The van der Waals surface area contributed by atoms with Crippen LogP contribution in [0.2, 0.25) is 0 Å². The number of hydrogen-bond donors (Lipinski definition) is 6. The number of nitrogens with one attached hydrogen (secondary N) is 4. The highest BCUT2D eigenvalue weighted by Crippen LogP contribution is 2.45. The van der Waals surface area contributed by atoms with Gasteiger partial charge in [-0.05, 0) is 138 Å². The Morgan fingerprint density at radius 2 is 1.28 bits per heavy atom. The van der Waals surface area contributed by atoms with Crippen LogP contribution in [0, 0.1) is 0 Å². The molecule has 8 N–H and O–H groups in total. The topological polar surface area (TPSA) is 151 Å². The zero-order chi connectivity index (χ0) is 46.0. The first-order valence-electron chi connectivity index (χ1n) is 22.1. The van der Waals surface area contributed by atoms with E-state index in [-0.39, 0.29) is 5.91 Å². The van der Waals surface area contributed by atoms with Crippen LogP contribution in [-0.2, 0) is 17.8 Å². The molecule has 9 rings (SSSR count). The molecule has 67 heavy (non-hydrogen) atoms. The maximum atomic E-state index is 12.3. The van der Waals surface area contributed by atoms with Gasteiger partial charge in [0, 0.05) is 52.4 Å². The Hall–Kier alpha value is -7.16. The monoisotopic (exact) mass is 940 g/mol. The molecule has 0 unspecified atom stereocenters. The highest BCUT2D eigenvalue weighted by molar-refractivity contribution is 7.99. The van der Waals surface area contributed by atoms with Crippen LogP contribution >= 0.6 is 34.4 Å². The molecule has 13 heteroatoms. The van der Waals surface area contributed by atoms with Gasteiger partial charge in [-0.25, -0.2) is 9.98 Å². The van der Waals surface area contributed by atoms with Gasteiger partial charge in [0.05, 0.1) is 39.1 Å². The Labute approximate surface area is 404 Å². The smallest absolute Gasteiger partial charge is 0.225 e. The molecule has 0 bridgehead atoms. The third kappa shape index (κ3) is 14.2. The second kappa shape index (κ2) is 23.9. The van der Waals surface area contributed by atoms with Gasteiger partial charge in [0.2, 0.25) is 5.91 Å². The number of nitrogens with zero attached hydrogens (tertiary/aromatic N) is 2. The Morgan fingerprint density at radius 3 is 2.03 bits per heavy atom. The van der Waals surface area contributed by atoms with Gasteiger partial charge in [0.1, 0.15) is 17.4 Å². The van der Waals surface area contributed by atoms with Crippen LogP contribution in [0.3, 0.4) is 0 Å². The zero-order valence-corrected chi connectivity index (χ0v) is 39.3. The summed E-state index contributed by atoms with van der Waals surface area (Å²) < 4.78 is 6.02. The van der Waals surface area contributed by atoms with Gasteiger partial charge >= 0.3 is 0 Å². The zero-order valence-electron chi connectivity index (χ0n) is 36.9. The second-order valence-corrected chi connectivity index (χ2v) is 18.5. The molecule has 6 aromatic carbocycles. The lowest BCUT2D eigenvalue weighted by Crippen LogP contribution is -2.21. The molecule has 0 fully saturated rings. The molecule has 1 aliphatic rings. The predicted octanol–water partition coefficient (Wildman–Crippen LogP) is 13.0. The molecule has 10 nitrogen and oxygen atoms in total. The van der Waals surface area contributed by atoms with Gasteiger partial charge in [-0.1, -0.05) is 78.5 Å². The minimum absolute atomic E-state index is 0.0293. The number of fused-ring (bicyclic) bond motifs is 2. The van der Waals surface area contributed by atoms with Gasteiger partial charge < -0.3 is 37.5 Å². The minimum atomic E-state index is -0.0293. The Balaban J connectivity index is 0.000000182. The first-order chi connectivity index (χ1) is 32.9. The van der Waals surface area contributed by atoms with E-state index in [9.17, 15) is 4.79 Å². The van der Waals surface area contributed by atoms with Crippen molar-refractivity contribution in [2.75, 3.05) is 29.1 Å². The van der Waals surface area contributed by atoms with Crippen molar-refractivity contribution in [3.63, 3.8) is 0 Å². The average molecular weight is 941 g/mol. The van der Waals surface area contributed by atoms with Crippen LogP contribution < -0.4 is 37.5 Å². The van der Waals surface area contributed by atoms with Crippen molar-refractivity contribution in [2.24, 2.45) is 21.5 Å². The molecule has 1 aliphatic heterocycles. The molecule has 0 aliphatic carbocycles. The Morgan fingerprint density at radius 1 is 0.597 bits per heavy atom. The molecular weight excluding hydrogens is 889 g/mol. The van der Waals surface area contributed by atoms with Crippen molar-refractivity contribution in [1.82, 2.24) is 5.32 Å². The third-order valence-electron chi connectivity index (χ3n) is 10.4. The number of unbranched alkanes of at least 4 members (excludes halogenated alkanes) is 1. The van der Waals surface area contributed by atoms with Gasteiger partial charge in [-0.3, -0.25) is 4.79 Å². The van der Waals surface area contributed by atoms with Crippen LogP contribution in [0.4, 0.5) is 39.8 Å². The van der Waals surface area contributed by atoms with E-state index in [1.807, 2.05) is 126 Å². The summed E-state index contributed by atoms with van der Waals surface area (Å²) in [6.07, 6.45) is 3.49. The number of aryl methyl sites for hydroxylation is 1. The van der Waals surface area contributed by atoms with Crippen molar-refractivity contribution < 1.29 is 9.53 Å². The van der Waals surface area contributed by atoms with Crippen LogP contribution in [0.15, 0.2) is 200 Å². The van der Waals surface area contributed by atoms with E-state index in [0.29, 0.717) is 37.8 Å². The first kappa shape index (κ1) is 46.4. The van der Waals surface area contributed by atoms with Crippen LogP contribution in [0.1, 0.15) is 40.1 Å². The number of amidine groups is 2. The van der Waals surface area contributed by atoms with Gasteiger partial charge in [0.25, 0.3) is 0 Å². The second-order valence-electron chi connectivity index (χ2n) is 15.5. The number of carbonyl (C=O) groups is 1. The summed E-state index contributed by atoms with van der Waals surface area (Å²) >= 11 is 4.96. The fraction of sp³-hybridized carbons (Fsp3) is 0.130. The summed E-state index contributed by atoms with van der Waals surface area (Å²) in [5.74, 6) is 1.96. The number of hydrogen-bond acceptors (Lipinski definition) is 10. The van der Waals surface area contributed by atoms with Crippen molar-refractivity contribution in [2.45, 2.75) is 42.0 Å². The van der Waals surface area contributed by atoms with Gasteiger partial charge in [-0.15, -0.1) is 22.7 Å². The fourth-order valence-electron chi connectivity index (χ4n) is 7.02. The number of nitrogens with two attached hydrogens (primary N) is 2. The van der Waals surface area contributed by atoms with E-state index >= 15 is 0 Å². The number of para-hydroxylation sites is 2. The summed E-state index contributed by atoms with van der Waals surface area (Å²) in [6.45, 7) is 1.93. The summed E-state index contributed by atoms with van der Waals surface area (Å²) in [6, 6.07) is 56.4. The summed E-state index contributed by atoms with van der Waals surface area (Å²) in [7, 11) is 0. The lowest BCUT2D eigenvalue weighted by Gasteiger charge is -2.21. The summed E-state index contributed by atoms with van der Waals surface area (Å²) in [5, 5.41) is 17.1. The maximum Gasteiger partial charge on any atom is 0.225 e. The number of aliphatic imine (C=N–C) groups is 2. The first-order valence-corrected chi connectivity index (χ1v) is 24.7. The Kier molecular flexibility index (Phi) is 16.5. The minimum Gasteiger partial charge on any atom is -0.494 e. The number of benzene rings is 6. The van der Waals surface area contributed by atoms with E-state index in [0.717, 1.165) is 80.1 Å². The van der Waals surface area contributed by atoms with E-state index < -0.39 is 0 Å². The van der Waals surface area contributed by atoms with E-state index in [4.69, 9.17) is 16.2 Å². The number of anilines is 5. The molecule has 3 heterocycles. The van der Waals surface area contributed by atoms with Crippen molar-refractivity contribution in [3.05, 3.63) is 201 Å². The SMILES string of the molecule is NC(=Nc1ccc(CCCCOc2ccc3c(c2)Nc2ccccc2S3)cc1)c1cccs1.NC(=Nc1cccc(CNCCC(=O)Nc2ccc(Nc3ccccc3)cc2)c1)c1cccs1. The van der Waals surface area contributed by atoms with Crippen LogP contribution in [-0.4, -0.2) is 30.7 Å². The van der Waals surface area contributed by atoms with Crippen molar-refractivity contribution in [1.29, 1.82) is 0 Å². The lowest BCUT2D eigenvalue weighted by atomic mass is 10.1. The maximum absolute atomic E-state index is 12.3. The van der Waals surface area contributed by atoms with E-state index in [1.54, 1.807) is 34.4 Å². The average Bonchev–Trinajstić information content (AvgIpc) is 4.11. The highest BCUT2D eigenvalue weighted by Gasteiger charge is 2.16. The lowest BCUT2D eigenvalue weighted by molar-refractivity contribution is -0.116. The number of amides is 1. The molecule has 0 radical (unpaired) electrons. The number of ether oxygens (including phenoxy) is 1. The summed E-state index contributed by atoms with van der Waals surface area (Å²) in [4.78, 5) is 25.7. The fourth-order valence-corrected chi connectivity index (χ4v) is 9.25. The predicted molar refractivity (Wildman–Crippen MR) is 282 cm³/mol. The van der Waals surface area contributed by atoms with Crippen molar-refractivity contribution in [3.8, 4) is 5.75 Å². The normalized spacial score (nSPS) is 11.9. The molecule has 0 saturated heterocycles. The van der Waals surface area contributed by atoms with Gasteiger partial charge in [-0.2, -0.15) is 0 Å². The van der Waals surface area contributed by atoms with Crippen LogP contribution in [0.5, 0.6) is 5.75 Å². The van der Waals surface area contributed by atoms with E-state index in [2.05, 4.69) is 85.8 Å². The van der Waals surface area contributed by atoms with E-state index in [1.165, 1.54) is 15.4 Å². The molecule has 0 saturated carbocycles. The quantitative estimate of drug-likeness (QED) is 0.0283.